The number of quaternary nitrogens is 1. The van der Waals surface area contributed by atoms with Crippen LogP contribution in [0.4, 0.5) is 74.6 Å². The Labute approximate surface area is 253 Å². The van der Waals surface area contributed by atoms with Crippen molar-refractivity contribution in [1.29, 1.82) is 0 Å². The standard InChI is InChI=1S/C27H22F17NO2/c28-20(29,21(30,31)22(32,33)23(34,35)24(36,37)25(38,39)26(40,41)27(42,43)44)11-10-15-6-8-17(9-7-15)14-47-19(46)13-18(45)12-16-4-2-1-3-5-16/h1-9,18H,10-14,45H2/p+1/t18-/m0/s1. The first kappa shape index (κ1) is 39.9. The maximum Gasteiger partial charge on any atom is 0.460 e. The number of ether oxygens (including phenoxy) is 1. The fourth-order valence-electron chi connectivity index (χ4n) is 3.93. The number of esters is 1. The zero-order valence-electron chi connectivity index (χ0n) is 23.3. The lowest BCUT2D eigenvalue weighted by atomic mass is 9.87. The third-order valence-corrected chi connectivity index (χ3v) is 6.76. The topological polar surface area (TPSA) is 53.9 Å². The number of carbonyl (C=O) groups excluding carboxylic acids is 1. The summed E-state index contributed by atoms with van der Waals surface area (Å²) >= 11 is 0. The molecule has 2 aromatic rings. The van der Waals surface area contributed by atoms with Gasteiger partial charge in [-0.1, -0.05) is 54.6 Å². The quantitative estimate of drug-likeness (QED) is 0.151. The van der Waals surface area contributed by atoms with Crippen molar-refractivity contribution in [3.05, 3.63) is 71.3 Å². The Morgan fingerprint density at radius 1 is 0.574 bits per heavy atom. The second kappa shape index (κ2) is 13.3. The van der Waals surface area contributed by atoms with Gasteiger partial charge in [-0.3, -0.25) is 4.79 Å². The summed E-state index contributed by atoms with van der Waals surface area (Å²) in [4.78, 5) is 12.0. The minimum absolute atomic E-state index is 0.117. The third-order valence-electron chi connectivity index (χ3n) is 6.76. The van der Waals surface area contributed by atoms with Crippen LogP contribution in [0.3, 0.4) is 0 Å². The highest BCUT2D eigenvalue weighted by Gasteiger charge is 2.95. The van der Waals surface area contributed by atoms with Gasteiger partial charge >= 0.3 is 53.6 Å². The molecular formula is C27H23F17NO2+. The van der Waals surface area contributed by atoms with E-state index in [2.05, 4.69) is 5.73 Å². The summed E-state index contributed by atoms with van der Waals surface area (Å²) in [5.74, 6) is -57.2. The molecule has 0 bridgehead atoms. The van der Waals surface area contributed by atoms with E-state index in [0.29, 0.717) is 6.42 Å². The van der Waals surface area contributed by atoms with Gasteiger partial charge < -0.3 is 10.5 Å². The van der Waals surface area contributed by atoms with Crippen molar-refractivity contribution < 1.29 is 89.9 Å². The summed E-state index contributed by atoms with van der Waals surface area (Å²) in [5, 5.41) is 0. The van der Waals surface area contributed by atoms with Gasteiger partial charge in [-0.15, -0.1) is 0 Å². The molecule has 0 fully saturated rings. The molecule has 2 rings (SSSR count). The van der Waals surface area contributed by atoms with Crippen molar-refractivity contribution in [3.8, 4) is 0 Å². The van der Waals surface area contributed by atoms with Crippen LogP contribution in [-0.4, -0.2) is 59.6 Å². The van der Waals surface area contributed by atoms with Crippen molar-refractivity contribution in [2.75, 3.05) is 0 Å². The molecule has 0 radical (unpaired) electrons. The lowest BCUT2D eigenvalue weighted by molar-refractivity contribution is -0.461. The summed E-state index contributed by atoms with van der Waals surface area (Å²) in [6.07, 6.45) is -11.4. The van der Waals surface area contributed by atoms with Gasteiger partial charge in [-0.25, -0.2) is 0 Å². The average molecular weight is 716 g/mol. The van der Waals surface area contributed by atoms with Crippen LogP contribution in [0, 0.1) is 0 Å². The molecule has 20 heteroatoms. The van der Waals surface area contributed by atoms with E-state index in [1.807, 2.05) is 0 Å². The molecule has 47 heavy (non-hydrogen) atoms. The van der Waals surface area contributed by atoms with Gasteiger partial charge in [0.1, 0.15) is 6.61 Å². The predicted molar refractivity (Wildman–Crippen MR) is 127 cm³/mol. The summed E-state index contributed by atoms with van der Waals surface area (Å²) in [6, 6.07) is 12.4. The van der Waals surface area contributed by atoms with Gasteiger partial charge in [0.2, 0.25) is 0 Å². The second-order valence-corrected chi connectivity index (χ2v) is 10.4. The minimum Gasteiger partial charge on any atom is -0.461 e. The zero-order chi connectivity index (χ0) is 36.5. The van der Waals surface area contributed by atoms with E-state index < -0.39 is 78.6 Å². The Morgan fingerprint density at radius 3 is 1.47 bits per heavy atom. The van der Waals surface area contributed by atoms with Gasteiger partial charge in [0, 0.05) is 12.8 Å². The lowest BCUT2D eigenvalue weighted by Gasteiger charge is -2.42. The minimum atomic E-state index is -8.65. The molecule has 0 aliphatic carbocycles. The monoisotopic (exact) mass is 716 g/mol. The summed E-state index contributed by atoms with van der Waals surface area (Å²) in [7, 11) is 0. The summed E-state index contributed by atoms with van der Waals surface area (Å²) < 4.78 is 233. The normalized spacial score (nSPS) is 15.0. The molecule has 0 aliphatic heterocycles. The summed E-state index contributed by atoms with van der Waals surface area (Å²) in [6.45, 7) is -0.404. The number of alkyl halides is 17. The van der Waals surface area contributed by atoms with E-state index in [-0.39, 0.29) is 18.0 Å². The van der Waals surface area contributed by atoms with Crippen LogP contribution in [0.25, 0.3) is 0 Å². The molecule has 0 heterocycles. The number of halogens is 17. The number of hydrogen-bond donors (Lipinski definition) is 1. The first-order valence-corrected chi connectivity index (χ1v) is 12.9. The summed E-state index contributed by atoms with van der Waals surface area (Å²) in [5.41, 5.74) is 4.48. The number of hydrogen-bond acceptors (Lipinski definition) is 2. The van der Waals surface area contributed by atoms with Crippen molar-refractivity contribution >= 4 is 5.97 Å². The van der Waals surface area contributed by atoms with Crippen LogP contribution in [0.2, 0.25) is 0 Å². The number of benzene rings is 2. The van der Waals surface area contributed by atoms with E-state index >= 15 is 0 Å². The number of carbonyl (C=O) groups is 1. The lowest BCUT2D eigenvalue weighted by Crippen LogP contribution is -2.74. The van der Waals surface area contributed by atoms with E-state index in [1.165, 1.54) is 0 Å². The van der Waals surface area contributed by atoms with Gasteiger partial charge in [-0.2, -0.15) is 74.6 Å². The van der Waals surface area contributed by atoms with Crippen molar-refractivity contribution in [2.24, 2.45) is 0 Å². The Bertz CT molecular complexity index is 1340. The predicted octanol–water partition coefficient (Wildman–Crippen LogP) is 7.92. The average Bonchev–Trinajstić information content (AvgIpc) is 2.94. The molecule has 1 atom stereocenters. The molecule has 0 unspecified atom stereocenters. The zero-order valence-corrected chi connectivity index (χ0v) is 23.3. The number of aryl methyl sites for hydroxylation is 1. The third kappa shape index (κ3) is 7.56. The van der Waals surface area contributed by atoms with Gasteiger partial charge in [-0.05, 0) is 23.1 Å². The van der Waals surface area contributed by atoms with Crippen molar-refractivity contribution in [1.82, 2.24) is 0 Å². The van der Waals surface area contributed by atoms with E-state index in [4.69, 9.17) is 4.74 Å². The first-order valence-electron chi connectivity index (χ1n) is 12.9. The fourth-order valence-corrected chi connectivity index (χ4v) is 3.93. The Morgan fingerprint density at radius 2 is 1.00 bits per heavy atom. The maximum atomic E-state index is 14.2. The Balaban J connectivity index is 2.11. The van der Waals surface area contributed by atoms with Crippen LogP contribution in [0.1, 0.15) is 29.5 Å². The van der Waals surface area contributed by atoms with Gasteiger partial charge in [0.15, 0.2) is 0 Å². The van der Waals surface area contributed by atoms with Crippen molar-refractivity contribution in [2.45, 2.75) is 86.0 Å². The van der Waals surface area contributed by atoms with E-state index in [0.717, 1.165) is 29.8 Å². The van der Waals surface area contributed by atoms with E-state index in [1.54, 1.807) is 30.3 Å². The second-order valence-electron chi connectivity index (χ2n) is 10.4. The van der Waals surface area contributed by atoms with Gasteiger partial charge in [0.05, 0.1) is 12.5 Å². The first-order chi connectivity index (χ1) is 21.1. The molecule has 0 saturated heterocycles. The highest BCUT2D eigenvalue weighted by Crippen LogP contribution is 2.64. The van der Waals surface area contributed by atoms with Crippen LogP contribution in [-0.2, 0) is 29.0 Å². The molecule has 2 aromatic carbocycles. The molecule has 266 valence electrons. The fraction of sp³-hybridized carbons (Fsp3) is 0.519. The Kier molecular flexibility index (Phi) is 11.3. The largest absolute Gasteiger partial charge is 0.461 e. The van der Waals surface area contributed by atoms with E-state index in [9.17, 15) is 79.4 Å². The number of rotatable bonds is 15. The molecule has 0 aliphatic rings. The van der Waals surface area contributed by atoms with Crippen LogP contribution in [0.5, 0.6) is 0 Å². The maximum absolute atomic E-state index is 14.2. The highest BCUT2D eigenvalue weighted by atomic mass is 19.4. The van der Waals surface area contributed by atoms with Crippen LogP contribution >= 0.6 is 0 Å². The molecule has 3 nitrogen and oxygen atoms in total. The molecule has 0 aromatic heterocycles. The Hall–Kier alpha value is -3.32. The molecule has 0 saturated carbocycles. The molecule has 0 spiro atoms. The van der Waals surface area contributed by atoms with Crippen molar-refractivity contribution in [3.63, 3.8) is 0 Å². The van der Waals surface area contributed by atoms with Crippen LogP contribution < -0.4 is 5.73 Å². The smallest absolute Gasteiger partial charge is 0.460 e. The highest BCUT2D eigenvalue weighted by molar-refractivity contribution is 5.70. The van der Waals surface area contributed by atoms with Gasteiger partial charge in [0.25, 0.3) is 0 Å². The molecule has 0 amide bonds. The SMILES string of the molecule is [NH3+][C@H](CC(=O)OCc1ccc(CCC(F)(F)C(F)(F)C(F)(F)C(F)(F)C(F)(F)C(F)(F)C(F)(F)C(F)(F)F)cc1)Cc1ccccc1. The van der Waals surface area contributed by atoms with Crippen LogP contribution in [0.15, 0.2) is 54.6 Å². The molecule has 3 N–H and O–H groups in total. The molecular weight excluding hydrogens is 693 g/mol.